The fourth-order valence-electron chi connectivity index (χ4n) is 4.09. The van der Waals surface area contributed by atoms with E-state index in [0.717, 1.165) is 17.0 Å². The Kier molecular flexibility index (Phi) is 7.19. The molecule has 0 atom stereocenters. The highest BCUT2D eigenvalue weighted by molar-refractivity contribution is 5.99. The van der Waals surface area contributed by atoms with Crippen molar-refractivity contribution in [3.8, 4) is 0 Å². The second-order valence-corrected chi connectivity index (χ2v) is 8.43. The minimum Gasteiger partial charge on any atom is -0.457 e. The van der Waals surface area contributed by atoms with Crippen LogP contribution in [0.1, 0.15) is 39.6 Å². The lowest BCUT2D eigenvalue weighted by Crippen LogP contribution is -2.17. The molecule has 1 N–H and O–H groups in total. The van der Waals surface area contributed by atoms with Crippen LogP contribution in [-0.2, 0) is 28.9 Å². The van der Waals surface area contributed by atoms with Crippen LogP contribution in [0.5, 0.6) is 0 Å². The van der Waals surface area contributed by atoms with Gasteiger partial charge in [0.05, 0.1) is 17.3 Å². The smallest absolute Gasteiger partial charge is 0.306 e. The Morgan fingerprint density at radius 2 is 1.80 bits per heavy atom. The molecule has 2 heterocycles. The van der Waals surface area contributed by atoms with Crippen LogP contribution in [-0.4, -0.2) is 32.9 Å². The van der Waals surface area contributed by atoms with Crippen LogP contribution in [0.3, 0.4) is 0 Å². The van der Waals surface area contributed by atoms with E-state index in [1.807, 2.05) is 18.4 Å². The zero-order valence-corrected chi connectivity index (χ0v) is 19.6. The quantitative estimate of drug-likeness (QED) is 0.291. The van der Waals surface area contributed by atoms with E-state index >= 15 is 0 Å². The van der Waals surface area contributed by atoms with Gasteiger partial charge < -0.3 is 14.3 Å². The number of ether oxygens (including phenoxy) is 1. The van der Waals surface area contributed by atoms with Crippen LogP contribution in [0.4, 0.5) is 4.39 Å². The summed E-state index contributed by atoms with van der Waals surface area (Å²) in [5, 5.41) is 0.486. The molecule has 0 radical (unpaired) electrons. The minimum absolute atomic E-state index is 0.00868. The molecule has 0 unspecified atom stereocenters. The molecule has 0 saturated heterocycles. The lowest BCUT2D eigenvalue weighted by atomic mass is 10.1. The summed E-state index contributed by atoms with van der Waals surface area (Å²) in [5.74, 6) is -0.705. The maximum Gasteiger partial charge on any atom is 0.306 e. The van der Waals surface area contributed by atoms with Crippen molar-refractivity contribution in [1.29, 1.82) is 0 Å². The Morgan fingerprint density at radius 1 is 1.06 bits per heavy atom. The van der Waals surface area contributed by atoms with E-state index in [4.69, 9.17) is 4.74 Å². The van der Waals surface area contributed by atoms with Crippen molar-refractivity contribution in [2.45, 2.75) is 39.7 Å². The molecule has 7 nitrogen and oxygen atoms in total. The second-order valence-electron chi connectivity index (χ2n) is 8.43. The van der Waals surface area contributed by atoms with Crippen molar-refractivity contribution in [3.05, 3.63) is 99.1 Å². The Morgan fingerprint density at radius 3 is 2.57 bits per heavy atom. The van der Waals surface area contributed by atoms with Crippen LogP contribution < -0.4 is 5.56 Å². The molecule has 4 rings (SSSR count). The van der Waals surface area contributed by atoms with Gasteiger partial charge in [-0.15, -0.1) is 0 Å². The first-order valence-corrected chi connectivity index (χ1v) is 11.4. The fraction of sp³-hybridized carbons (Fsp3) is 0.259. The first-order chi connectivity index (χ1) is 16.8. The SMILES string of the molecule is Cc1cc(C(=O)COC(=O)CCc2nc3ccccc3c(=O)[nH]2)c(C)n1CCc1ccc(F)cc1. The average Bonchev–Trinajstić information content (AvgIpc) is 3.14. The zero-order valence-electron chi connectivity index (χ0n) is 19.6. The Bertz CT molecular complexity index is 1440. The first kappa shape index (κ1) is 24.1. The van der Waals surface area contributed by atoms with Crippen LogP contribution in [0.15, 0.2) is 59.4 Å². The van der Waals surface area contributed by atoms with Gasteiger partial charge in [-0.2, -0.15) is 0 Å². The second kappa shape index (κ2) is 10.5. The molecule has 0 bridgehead atoms. The van der Waals surface area contributed by atoms with Gasteiger partial charge >= 0.3 is 5.97 Å². The van der Waals surface area contributed by atoms with Crippen molar-refractivity contribution >= 4 is 22.7 Å². The summed E-state index contributed by atoms with van der Waals surface area (Å²) in [5.41, 5.74) is 3.53. The van der Waals surface area contributed by atoms with Crippen molar-refractivity contribution in [3.63, 3.8) is 0 Å². The topological polar surface area (TPSA) is 94.1 Å². The molecule has 0 aliphatic heterocycles. The molecule has 0 saturated carbocycles. The number of aromatic amines is 1. The number of aryl methyl sites for hydroxylation is 3. The van der Waals surface area contributed by atoms with E-state index in [9.17, 15) is 18.8 Å². The summed E-state index contributed by atoms with van der Waals surface area (Å²) < 4.78 is 20.3. The molecular weight excluding hydrogens is 449 g/mol. The summed E-state index contributed by atoms with van der Waals surface area (Å²) in [7, 11) is 0. The summed E-state index contributed by atoms with van der Waals surface area (Å²) in [4.78, 5) is 44.1. The largest absolute Gasteiger partial charge is 0.457 e. The van der Waals surface area contributed by atoms with E-state index < -0.39 is 5.97 Å². The van der Waals surface area contributed by atoms with E-state index in [1.165, 1.54) is 12.1 Å². The van der Waals surface area contributed by atoms with E-state index in [1.54, 1.807) is 42.5 Å². The number of esters is 1. The van der Waals surface area contributed by atoms with E-state index in [-0.39, 0.29) is 36.6 Å². The Balaban J connectivity index is 1.32. The van der Waals surface area contributed by atoms with Gasteiger partial charge in [-0.3, -0.25) is 14.4 Å². The summed E-state index contributed by atoms with van der Waals surface area (Å²) >= 11 is 0. The summed E-state index contributed by atoms with van der Waals surface area (Å²) in [6, 6.07) is 15.1. The predicted molar refractivity (Wildman–Crippen MR) is 130 cm³/mol. The Hall–Kier alpha value is -4.07. The van der Waals surface area contributed by atoms with Gasteiger partial charge in [-0.05, 0) is 56.2 Å². The molecule has 0 aliphatic carbocycles. The van der Waals surface area contributed by atoms with Gasteiger partial charge in [0.2, 0.25) is 5.78 Å². The fourth-order valence-corrected chi connectivity index (χ4v) is 4.09. The van der Waals surface area contributed by atoms with Gasteiger partial charge in [-0.1, -0.05) is 24.3 Å². The van der Waals surface area contributed by atoms with E-state index in [0.29, 0.717) is 35.3 Å². The van der Waals surface area contributed by atoms with Gasteiger partial charge in [0.25, 0.3) is 5.56 Å². The number of halogens is 1. The van der Waals surface area contributed by atoms with E-state index in [2.05, 4.69) is 9.97 Å². The molecular formula is C27H26FN3O4. The minimum atomic E-state index is -0.542. The molecule has 2 aromatic heterocycles. The number of rotatable bonds is 9. The number of benzene rings is 2. The van der Waals surface area contributed by atoms with Gasteiger partial charge in [0.15, 0.2) is 6.61 Å². The lowest BCUT2D eigenvalue weighted by molar-refractivity contribution is -0.142. The molecule has 0 spiro atoms. The van der Waals surface area contributed by atoms with Crippen molar-refractivity contribution in [2.24, 2.45) is 0 Å². The molecule has 4 aromatic rings. The lowest BCUT2D eigenvalue weighted by Gasteiger charge is -2.10. The van der Waals surface area contributed by atoms with Gasteiger partial charge in [0.1, 0.15) is 11.6 Å². The van der Waals surface area contributed by atoms with Crippen molar-refractivity contribution < 1.29 is 18.7 Å². The zero-order chi connectivity index (χ0) is 24.9. The molecule has 2 aromatic carbocycles. The van der Waals surface area contributed by atoms with Gasteiger partial charge in [0, 0.05) is 29.9 Å². The number of para-hydroxylation sites is 1. The van der Waals surface area contributed by atoms with Crippen LogP contribution in [0, 0.1) is 19.7 Å². The number of hydrogen-bond acceptors (Lipinski definition) is 5. The number of ketones is 1. The molecule has 180 valence electrons. The number of fused-ring (bicyclic) bond motifs is 1. The number of Topliss-reactive ketones (excluding diaryl/α,β-unsaturated/α-hetero) is 1. The standard InChI is InChI=1S/C27H26FN3O4/c1-17-15-22(18(2)31(17)14-13-19-7-9-20(28)10-8-19)24(32)16-35-26(33)12-11-25-29-23-6-4-3-5-21(23)27(34)30-25/h3-10,15H,11-14,16H2,1-2H3,(H,29,30,34). The number of H-pyrrole nitrogens is 1. The summed E-state index contributed by atoms with van der Waals surface area (Å²) in [6.45, 7) is 4.06. The van der Waals surface area contributed by atoms with Crippen LogP contribution >= 0.6 is 0 Å². The van der Waals surface area contributed by atoms with Crippen LogP contribution in [0.25, 0.3) is 10.9 Å². The average molecular weight is 476 g/mol. The molecule has 35 heavy (non-hydrogen) atoms. The number of nitrogens with one attached hydrogen (secondary N) is 1. The number of carbonyl (C=O) groups is 2. The normalized spacial score (nSPS) is 11.1. The monoisotopic (exact) mass is 475 g/mol. The molecule has 0 amide bonds. The molecule has 8 heteroatoms. The first-order valence-electron chi connectivity index (χ1n) is 11.4. The molecule has 0 aliphatic rings. The predicted octanol–water partition coefficient (Wildman–Crippen LogP) is 4.08. The highest BCUT2D eigenvalue weighted by Crippen LogP contribution is 2.17. The number of hydrogen-bond donors (Lipinski definition) is 1. The maximum absolute atomic E-state index is 13.1. The van der Waals surface area contributed by atoms with Gasteiger partial charge in [-0.25, -0.2) is 9.37 Å². The number of carbonyl (C=O) groups excluding carboxylic acids is 2. The number of aromatic nitrogens is 3. The Labute approximate surface area is 201 Å². The third-order valence-corrected chi connectivity index (χ3v) is 6.00. The third-order valence-electron chi connectivity index (χ3n) is 6.00. The summed E-state index contributed by atoms with van der Waals surface area (Å²) in [6.07, 6.45) is 0.889. The van der Waals surface area contributed by atoms with Crippen molar-refractivity contribution in [2.75, 3.05) is 6.61 Å². The number of nitrogens with zero attached hydrogens (tertiary/aromatic N) is 2. The maximum atomic E-state index is 13.1. The third kappa shape index (κ3) is 5.71. The highest BCUT2D eigenvalue weighted by Gasteiger charge is 2.17. The van der Waals surface area contributed by atoms with Crippen molar-refractivity contribution in [1.82, 2.24) is 14.5 Å². The molecule has 0 fully saturated rings. The highest BCUT2D eigenvalue weighted by atomic mass is 19.1. The van der Waals surface area contributed by atoms with Crippen LogP contribution in [0.2, 0.25) is 0 Å².